The highest BCUT2D eigenvalue weighted by atomic mass is 35.5. The molecule has 44 heteroatoms. The number of amides is 2. The minimum absolute atomic E-state index is 0.122. The highest BCUT2D eigenvalue weighted by molar-refractivity contribution is 7.71. The van der Waals surface area contributed by atoms with E-state index in [2.05, 4.69) is 119 Å². The van der Waals surface area contributed by atoms with Gasteiger partial charge in [0.25, 0.3) is 0 Å². The minimum Gasteiger partial charge on any atom is -0.495 e. The zero-order chi connectivity index (χ0) is 106. The molecule has 9 heterocycles. The number of para-hydroxylation sites is 4. The van der Waals surface area contributed by atoms with E-state index in [9.17, 15) is 32.6 Å². The fourth-order valence-corrected chi connectivity index (χ4v) is 21.9. The Balaban J connectivity index is 0.000000157. The zero-order valence-electron chi connectivity index (χ0n) is 85.0. The molecule has 149 heavy (non-hydrogen) atoms. The van der Waals surface area contributed by atoms with E-state index in [0.29, 0.717) is 172 Å². The number of nitrogens with zero attached hydrogens (tertiary/aromatic N) is 13. The molecule has 1 atom stereocenters. The van der Waals surface area contributed by atoms with Gasteiger partial charge in [0, 0.05) is 146 Å². The Morgan fingerprint density at radius 1 is 0.483 bits per heavy atom. The van der Waals surface area contributed by atoms with E-state index in [1.165, 1.54) is 18.6 Å². The van der Waals surface area contributed by atoms with Crippen LogP contribution in [-0.2, 0) is 27.8 Å². The number of allylic oxidation sites excluding steroid dienone is 1. The smallest absolute Gasteiger partial charge is 0.249 e. The lowest BCUT2D eigenvalue weighted by Crippen LogP contribution is -2.54. The van der Waals surface area contributed by atoms with Gasteiger partial charge in [-0.15, -0.1) is 0 Å². The monoisotopic (exact) mass is 2170 g/mol. The predicted octanol–water partition coefficient (Wildman–Crippen LogP) is 18.8. The van der Waals surface area contributed by atoms with Gasteiger partial charge >= 0.3 is 0 Å². The Morgan fingerprint density at radius 3 is 1.38 bits per heavy atom. The van der Waals surface area contributed by atoms with E-state index < -0.39 is 40.8 Å². The van der Waals surface area contributed by atoms with Crippen molar-refractivity contribution in [1.82, 2.24) is 55.3 Å². The fourth-order valence-electron chi connectivity index (χ4n) is 16.7. The molecule has 8 aromatic carbocycles. The van der Waals surface area contributed by atoms with Crippen LogP contribution in [0.4, 0.5) is 92.2 Å². The number of hydrogen-bond donors (Lipinski definition) is 11. The number of nitrogens with two attached hydrogens (primary N) is 1. The molecular weight excluding hydrogens is 2060 g/mol. The lowest BCUT2D eigenvalue weighted by molar-refractivity contribution is -0.596. The molecule has 5 aromatic heterocycles. The van der Waals surface area contributed by atoms with Gasteiger partial charge in [-0.3, -0.25) is 29.2 Å². The van der Waals surface area contributed by atoms with E-state index in [1.807, 2.05) is 164 Å². The first-order valence-electron chi connectivity index (χ1n) is 47.7. The number of anilines is 16. The first-order chi connectivity index (χ1) is 71.3. The standard InChI is InChI=1S/C28H37ClN7O3P.C27H34ClN6O3P.C26H26ClN6O3P.C24H23ClN5O3P/c1-39-24-16-20(35-13-10-19(11-14-35)36-15-12-30-26(37)18-36)8-9-22(24)33-28-31-17-21(29)27(34-28)32-23-6-4-5-7-25(23)40(2,3)38;1-5-20(35)18-33-12-14-34(15-13-33)19-10-11-22(24(16-19)37-2)31-27-29-17-21(28)26(32-27)30-23-8-6-7-9-25(23)38(3,4)36;1-16-13-20(22(36-2)14-21(16)33-11-9-17(10-12-33)24(28)34)31-26-29-15-18(27)25(32-26)30-19-7-5-6-8-23(19)37(3,4)35;1-32-21-13-16(33-17-7-6-12-26-14-17)10-11-19(21)29-24-27-15-18(25)23(30-24)28-20-8-4-5-9-22(20)34(2,3)31/h4-9,16-17,19,28,32-34H,10-15,18H2,1-3H3,(H,30,37);6-11,16-17H,5,12-15,18H2,1-4H3,(H2,29,30,31,32);5-15H,1-4H3,(H3-,28,29,30,31,32,34,35);4-15H,1-3H3,(H2,27,28,29,30)/p+1. The number of aryl methyl sites for hydroxylation is 1. The number of Topliss-reactive ketones (excluding diaryl/α,β-unsaturated/α-hetero) is 1. The van der Waals surface area contributed by atoms with Gasteiger partial charge in [-0.2, -0.15) is 19.5 Å². The van der Waals surface area contributed by atoms with Crippen LogP contribution in [0.5, 0.6) is 34.5 Å². The molecule has 3 fully saturated rings. The minimum atomic E-state index is -2.53. The molecule has 2 amide bonds. The second-order valence-electron chi connectivity index (χ2n) is 36.5. The summed E-state index contributed by atoms with van der Waals surface area (Å²) < 4.78 is 81.2. The third-order valence-corrected chi connectivity index (χ3v) is 31.7. The molecule has 0 radical (unpaired) electrons. The number of carbonyl (C=O) groups is 3. The van der Waals surface area contributed by atoms with E-state index in [-0.39, 0.29) is 11.7 Å². The predicted molar refractivity (Wildman–Crippen MR) is 603 cm³/mol. The average Bonchev–Trinajstić information content (AvgIpc) is 0.782. The van der Waals surface area contributed by atoms with E-state index in [4.69, 9.17) is 75.8 Å². The number of nitrogens with one attached hydrogen (secondary N) is 10. The highest BCUT2D eigenvalue weighted by Gasteiger charge is 2.32. The molecule has 36 nitrogen and oxygen atoms in total. The molecule has 4 aliphatic rings. The number of piperazine rings is 2. The van der Waals surface area contributed by atoms with Crippen LogP contribution in [0.3, 0.4) is 0 Å². The van der Waals surface area contributed by atoms with Crippen LogP contribution >= 0.6 is 75.0 Å². The first kappa shape index (κ1) is 111. The number of rotatable bonds is 34. The Morgan fingerprint density at radius 2 is 0.926 bits per heavy atom. The van der Waals surface area contributed by atoms with Gasteiger partial charge in [-0.1, -0.05) is 102 Å². The summed E-state index contributed by atoms with van der Waals surface area (Å²) in [6.45, 7) is 25.6. The number of aromatic nitrogens is 8. The molecule has 0 bridgehead atoms. The van der Waals surface area contributed by atoms with E-state index >= 15 is 0 Å². The zero-order valence-corrected chi connectivity index (χ0v) is 91.6. The maximum Gasteiger partial charge on any atom is 0.249 e. The van der Waals surface area contributed by atoms with Gasteiger partial charge in [0.1, 0.15) is 89.7 Å². The molecule has 3 saturated heterocycles. The quantitative estimate of drug-likeness (QED) is 0.0132. The molecule has 0 saturated carbocycles. The summed E-state index contributed by atoms with van der Waals surface area (Å²) in [6.07, 6.45) is 15.0. The number of ketones is 1. The number of halogens is 4. The lowest BCUT2D eigenvalue weighted by atomic mass is 10.0. The van der Waals surface area contributed by atoms with Crippen LogP contribution in [0.1, 0.15) is 42.1 Å². The number of hydrogen-bond acceptors (Lipinski definition) is 33. The number of pyridine rings is 2. The molecule has 0 spiro atoms. The third-order valence-electron chi connectivity index (χ3n) is 24.3. The van der Waals surface area contributed by atoms with Gasteiger partial charge in [0.2, 0.25) is 35.3 Å². The molecule has 780 valence electrons. The molecule has 12 N–H and O–H groups in total. The van der Waals surface area contributed by atoms with Crippen molar-refractivity contribution in [1.29, 1.82) is 0 Å². The van der Waals surface area contributed by atoms with Crippen molar-refractivity contribution >= 4 is 212 Å². The Labute approximate surface area is 886 Å². The molecule has 0 aliphatic carbocycles. The van der Waals surface area contributed by atoms with Gasteiger partial charge in [0.15, 0.2) is 36.1 Å². The van der Waals surface area contributed by atoms with E-state index in [0.717, 1.165) is 110 Å². The van der Waals surface area contributed by atoms with Crippen molar-refractivity contribution in [2.75, 3.05) is 200 Å². The van der Waals surface area contributed by atoms with E-state index in [1.54, 1.807) is 149 Å². The second kappa shape index (κ2) is 50.4. The molecular formula is C105H121Cl4N24O12P4+. The largest absolute Gasteiger partial charge is 0.495 e. The maximum atomic E-state index is 12.8. The number of aliphatic imine (C=N–C) groups is 1. The van der Waals surface area contributed by atoms with Crippen molar-refractivity contribution < 1.29 is 60.9 Å². The van der Waals surface area contributed by atoms with Crippen LogP contribution < -0.4 is 118 Å². The van der Waals surface area contributed by atoms with Crippen molar-refractivity contribution in [2.24, 2.45) is 10.7 Å². The van der Waals surface area contributed by atoms with Crippen molar-refractivity contribution in [3.63, 3.8) is 0 Å². The molecule has 1 unspecified atom stereocenters. The molecule has 17 rings (SSSR count). The number of benzene rings is 8. The fraction of sp³-hybridized carbons (Fsp3) is 0.276. The van der Waals surface area contributed by atoms with Gasteiger partial charge in [-0.05, 0) is 176 Å². The van der Waals surface area contributed by atoms with Crippen LogP contribution in [-0.4, -0.2) is 228 Å². The molecule has 4 aliphatic heterocycles. The number of methoxy groups -OCH3 is 4. The third kappa shape index (κ3) is 30.1. The van der Waals surface area contributed by atoms with Crippen LogP contribution in [0.15, 0.2) is 247 Å². The Kier molecular flexibility index (Phi) is 37.5. The Hall–Kier alpha value is -13.9. The lowest BCUT2D eigenvalue weighted by Gasteiger charge is -2.40. The first-order valence-corrected chi connectivity index (χ1v) is 59.6. The number of ether oxygens (including phenoxy) is 5. The van der Waals surface area contributed by atoms with Crippen molar-refractivity contribution in [2.45, 2.75) is 45.4 Å². The van der Waals surface area contributed by atoms with Crippen molar-refractivity contribution in [3.05, 3.63) is 268 Å². The molecule has 13 aromatic rings. The summed E-state index contributed by atoms with van der Waals surface area (Å²) in [5.41, 5.74) is 15.3. The van der Waals surface area contributed by atoms with Crippen molar-refractivity contribution in [3.8, 4) is 40.2 Å². The Bertz CT molecular complexity index is 7260. The van der Waals surface area contributed by atoms with Crippen LogP contribution in [0.2, 0.25) is 15.1 Å². The number of piperidine rings is 1. The van der Waals surface area contributed by atoms with Gasteiger partial charge in [-0.25, -0.2) is 19.9 Å². The normalized spacial score (nSPS) is 14.5. The summed E-state index contributed by atoms with van der Waals surface area (Å²) in [5.74, 6) is 6.25. The second-order valence-corrected chi connectivity index (χ2v) is 50.9. The maximum absolute atomic E-state index is 12.8. The number of primary amides is 1. The van der Waals surface area contributed by atoms with Crippen LogP contribution in [0, 0.1) is 6.92 Å². The van der Waals surface area contributed by atoms with Gasteiger partial charge < -0.3 is 111 Å². The average molecular weight is 2180 g/mol. The topological polar surface area (TPSA) is 431 Å². The highest BCUT2D eigenvalue weighted by Crippen LogP contribution is 2.45. The summed E-state index contributed by atoms with van der Waals surface area (Å²) in [4.78, 5) is 79.2. The summed E-state index contributed by atoms with van der Waals surface area (Å²) in [7, 11) is -3.65. The van der Waals surface area contributed by atoms with Gasteiger partial charge in [0.05, 0.1) is 128 Å². The summed E-state index contributed by atoms with van der Waals surface area (Å²) in [5, 5.41) is 36.3. The SMILES string of the molecule is CCC(=O)CN1CCN(c2ccc(Nc3ncc(Cl)c(Nc4ccccc4P(C)(C)=O)n3)c(OC)c2)CC1.COc1cc(-[n+]2ccc(C(N)=O)cc2)c(C)cc1Nc1ncc(Cl)c(Nc2ccccc2P(C)(C)=O)n1.COc1cc(N2CCC(N3CCNC(=O)C3)CC2)ccc1NC1N=CC(Cl)=C(Nc2ccccc2P(C)(C)=O)N1.COc1cc(Oc2cccnc2)ccc1Nc1ncc(Cl)c(Nc2ccccc2P(C)(C)=O)n1. The summed E-state index contributed by atoms with van der Waals surface area (Å²) >= 11 is 25.6. The van der Waals surface area contributed by atoms with Crippen LogP contribution in [0.25, 0.3) is 5.69 Å². The number of carbonyl (C=O) groups excluding carboxylic acids is 3. The summed E-state index contributed by atoms with van der Waals surface area (Å²) in [6, 6.07) is 58.2.